The highest BCUT2D eigenvalue weighted by atomic mass is 32.2. The Hall–Kier alpha value is -4.73. The highest BCUT2D eigenvalue weighted by molar-refractivity contribution is 8.01. The van der Waals surface area contributed by atoms with E-state index in [-0.39, 0.29) is 17.8 Å². The molecular formula is C23H22N8O7S. The second kappa shape index (κ2) is 9.23. The molecule has 0 bridgehead atoms. The van der Waals surface area contributed by atoms with Gasteiger partial charge in [-0.05, 0) is 19.4 Å². The molecule has 3 aromatic rings. The largest absolute Gasteiger partial charge is 0.493 e. The Kier molecular flexibility index (Phi) is 6.13. The number of hydrogen-bond acceptors (Lipinski definition) is 10. The molecule has 0 aliphatic carbocycles. The number of fused-ring (bicyclic) bond motifs is 2. The van der Waals surface area contributed by atoms with Gasteiger partial charge in [0.05, 0.1) is 0 Å². The first kappa shape index (κ1) is 25.9. The zero-order valence-corrected chi connectivity index (χ0v) is 21.2. The number of benzene rings is 1. The molecule has 4 amide bonds. The lowest BCUT2D eigenvalue weighted by molar-refractivity contribution is -0.172. The third kappa shape index (κ3) is 3.99. The molecule has 4 atom stereocenters. The van der Waals surface area contributed by atoms with E-state index in [0.29, 0.717) is 5.56 Å². The summed E-state index contributed by atoms with van der Waals surface area (Å²) >= 11 is 1.11. The zero-order chi connectivity index (χ0) is 28.1. The molecular weight excluding hydrogens is 532 g/mol. The van der Waals surface area contributed by atoms with Crippen molar-refractivity contribution >= 4 is 47.6 Å². The van der Waals surface area contributed by atoms with Crippen LogP contribution in [0.2, 0.25) is 0 Å². The average Bonchev–Trinajstić information content (AvgIpc) is 3.48. The number of aliphatic carboxylic acids is 1. The van der Waals surface area contributed by atoms with E-state index in [9.17, 15) is 34.2 Å². The van der Waals surface area contributed by atoms with Gasteiger partial charge in [0, 0.05) is 10.9 Å². The maximum absolute atomic E-state index is 13.7. The number of nitrogens with zero attached hydrogens (tertiary/aromatic N) is 5. The SMILES string of the molecule is CC1(C)S[C@H]2N(C(=O)[C@@]2(NC=O)NC(=O)C(NC(=O)c2cnc3ncnn3c2O)c2ccccc2)[C@H]1C(=O)O. The van der Waals surface area contributed by atoms with Gasteiger partial charge in [-0.2, -0.15) is 14.6 Å². The average molecular weight is 555 g/mol. The Morgan fingerprint density at radius 2 is 1.90 bits per heavy atom. The summed E-state index contributed by atoms with van der Waals surface area (Å²) < 4.78 is 0.00976. The van der Waals surface area contributed by atoms with Crippen LogP contribution in [0.15, 0.2) is 42.9 Å². The van der Waals surface area contributed by atoms with Crippen molar-refractivity contribution in [1.29, 1.82) is 0 Å². The molecule has 2 aliphatic heterocycles. The van der Waals surface area contributed by atoms with Crippen LogP contribution in [-0.2, 0) is 19.2 Å². The van der Waals surface area contributed by atoms with E-state index >= 15 is 0 Å². The normalized spacial score (nSPS) is 23.8. The number of β-lactam (4-membered cyclic amide) rings is 1. The summed E-state index contributed by atoms with van der Waals surface area (Å²) in [6.45, 7) is 3.30. The quantitative estimate of drug-likeness (QED) is 0.130. The predicted octanol–water partition coefficient (Wildman–Crippen LogP) is -0.994. The first-order valence-electron chi connectivity index (χ1n) is 11.5. The van der Waals surface area contributed by atoms with Crippen molar-refractivity contribution in [1.82, 2.24) is 40.4 Å². The molecule has 1 unspecified atom stereocenters. The molecule has 39 heavy (non-hydrogen) atoms. The molecule has 2 saturated heterocycles. The van der Waals surface area contributed by atoms with Crippen molar-refractivity contribution in [3.63, 3.8) is 0 Å². The first-order valence-corrected chi connectivity index (χ1v) is 12.4. The molecule has 16 heteroatoms. The van der Waals surface area contributed by atoms with Crippen molar-refractivity contribution in [2.75, 3.05) is 0 Å². The van der Waals surface area contributed by atoms with Gasteiger partial charge in [-0.3, -0.25) is 19.2 Å². The number of hydrogen-bond donors (Lipinski definition) is 5. The molecule has 2 aromatic heterocycles. The molecule has 0 saturated carbocycles. The molecule has 4 heterocycles. The van der Waals surface area contributed by atoms with Gasteiger partial charge in [-0.1, -0.05) is 30.3 Å². The monoisotopic (exact) mass is 554 g/mol. The number of carboxylic acids is 1. The van der Waals surface area contributed by atoms with Crippen LogP contribution in [0.4, 0.5) is 0 Å². The van der Waals surface area contributed by atoms with Gasteiger partial charge in [-0.25, -0.2) is 9.78 Å². The van der Waals surface area contributed by atoms with Gasteiger partial charge in [-0.15, -0.1) is 11.8 Å². The smallest absolute Gasteiger partial charge is 0.327 e. The van der Waals surface area contributed by atoms with Crippen LogP contribution in [-0.4, -0.2) is 86.6 Å². The Morgan fingerprint density at radius 1 is 1.18 bits per heavy atom. The Morgan fingerprint density at radius 3 is 2.56 bits per heavy atom. The van der Waals surface area contributed by atoms with Crippen molar-refractivity contribution < 1.29 is 34.2 Å². The summed E-state index contributed by atoms with van der Waals surface area (Å²) in [4.78, 5) is 72.5. The highest BCUT2D eigenvalue weighted by Gasteiger charge is 2.72. The number of carbonyl (C=O) groups is 5. The molecule has 0 spiro atoms. The van der Waals surface area contributed by atoms with E-state index in [1.54, 1.807) is 44.2 Å². The predicted molar refractivity (Wildman–Crippen MR) is 133 cm³/mol. The Labute approximate surface area is 224 Å². The molecule has 5 rings (SSSR count). The van der Waals surface area contributed by atoms with Crippen LogP contribution in [0.3, 0.4) is 0 Å². The molecule has 0 radical (unpaired) electrons. The fourth-order valence-corrected chi connectivity index (χ4v) is 6.44. The second-order valence-corrected chi connectivity index (χ2v) is 11.1. The summed E-state index contributed by atoms with van der Waals surface area (Å²) in [6, 6.07) is 5.49. The number of carboxylic acid groups (broad SMARTS) is 1. The van der Waals surface area contributed by atoms with E-state index in [4.69, 9.17) is 0 Å². The van der Waals surface area contributed by atoms with Crippen LogP contribution in [0.25, 0.3) is 5.78 Å². The number of nitrogens with one attached hydrogen (secondary N) is 3. The minimum Gasteiger partial charge on any atom is -0.493 e. The van der Waals surface area contributed by atoms with E-state index in [2.05, 4.69) is 31.0 Å². The topological polar surface area (TPSA) is 208 Å². The summed E-state index contributed by atoms with van der Waals surface area (Å²) in [5, 5.41) is 30.5. The number of rotatable bonds is 8. The number of amides is 4. The van der Waals surface area contributed by atoms with Gasteiger partial charge in [0.2, 0.25) is 23.9 Å². The van der Waals surface area contributed by atoms with Crippen molar-refractivity contribution in [3.8, 4) is 5.88 Å². The number of aromatic hydroxyl groups is 1. The van der Waals surface area contributed by atoms with Crippen LogP contribution < -0.4 is 16.0 Å². The van der Waals surface area contributed by atoms with E-state index in [1.807, 2.05) is 0 Å². The lowest BCUT2D eigenvalue weighted by atomic mass is 9.91. The Balaban J connectivity index is 1.46. The molecule has 15 nitrogen and oxygen atoms in total. The third-order valence-corrected chi connectivity index (χ3v) is 8.22. The standard InChI is InChI=1S/C23H22N8O7S/c1-22(2)14(18(36)37)30-19(38)23(26-10-32,20(30)39-22)29-16(34)13(11-6-4-3-5-7-11)28-15(33)12-8-24-21-25-9-27-31(21)17(12)35/h3-10,13-14,20,35H,1-2H3,(H,26,32)(H,28,33)(H,29,34)(H,36,37)/t13?,14-,20+,23+/m0/s1. The minimum absolute atomic E-state index is 0.0491. The molecule has 5 N–H and O–H groups in total. The number of aromatic nitrogens is 4. The van der Waals surface area contributed by atoms with Gasteiger partial charge in [0.15, 0.2) is 0 Å². The lowest BCUT2D eigenvalue weighted by Gasteiger charge is -2.52. The first-order chi connectivity index (χ1) is 18.5. The number of thioether (sulfide) groups is 1. The van der Waals surface area contributed by atoms with Crippen LogP contribution in [0, 0.1) is 0 Å². The van der Waals surface area contributed by atoms with Crippen LogP contribution in [0.5, 0.6) is 5.88 Å². The minimum atomic E-state index is -1.95. The van der Waals surface area contributed by atoms with Crippen molar-refractivity contribution in [3.05, 3.63) is 54.0 Å². The lowest BCUT2D eigenvalue weighted by Crippen LogP contribution is -2.85. The molecule has 1 aromatic carbocycles. The van der Waals surface area contributed by atoms with Crippen molar-refractivity contribution in [2.24, 2.45) is 0 Å². The fraction of sp³-hybridized carbons (Fsp3) is 0.304. The van der Waals surface area contributed by atoms with E-state index < -0.39 is 57.4 Å². The molecule has 2 fully saturated rings. The van der Waals surface area contributed by atoms with Crippen LogP contribution >= 0.6 is 11.8 Å². The maximum Gasteiger partial charge on any atom is 0.327 e. The van der Waals surface area contributed by atoms with E-state index in [0.717, 1.165) is 33.7 Å². The van der Waals surface area contributed by atoms with Gasteiger partial charge < -0.3 is 31.1 Å². The summed E-state index contributed by atoms with van der Waals surface area (Å²) in [5.41, 5.74) is -1.93. The van der Waals surface area contributed by atoms with Crippen molar-refractivity contribution in [2.45, 2.75) is 41.7 Å². The fourth-order valence-electron chi connectivity index (χ4n) is 4.79. The second-order valence-electron chi connectivity index (χ2n) is 9.37. The van der Waals surface area contributed by atoms with Gasteiger partial charge in [0.25, 0.3) is 17.6 Å². The molecule has 202 valence electrons. The summed E-state index contributed by atoms with van der Waals surface area (Å²) in [6.07, 6.45) is 2.45. The maximum atomic E-state index is 13.7. The molecule has 2 aliphatic rings. The summed E-state index contributed by atoms with van der Waals surface area (Å²) in [5.74, 6) is -4.30. The Bertz CT molecular complexity index is 1510. The van der Waals surface area contributed by atoms with Gasteiger partial charge in [0.1, 0.15) is 29.3 Å². The zero-order valence-electron chi connectivity index (χ0n) is 20.4. The van der Waals surface area contributed by atoms with Gasteiger partial charge >= 0.3 is 5.97 Å². The summed E-state index contributed by atoms with van der Waals surface area (Å²) in [7, 11) is 0. The van der Waals surface area contributed by atoms with E-state index in [1.165, 1.54) is 0 Å². The number of carbonyl (C=O) groups excluding carboxylic acids is 4. The third-order valence-electron chi connectivity index (χ3n) is 6.58. The van der Waals surface area contributed by atoms with Crippen LogP contribution in [0.1, 0.15) is 35.8 Å². The highest BCUT2D eigenvalue weighted by Crippen LogP contribution is 2.54.